The molecule has 0 aliphatic rings. The van der Waals surface area contributed by atoms with Gasteiger partial charge in [-0.25, -0.2) is 9.97 Å². The van der Waals surface area contributed by atoms with Crippen LogP contribution in [0.1, 0.15) is 0 Å². The van der Waals surface area contributed by atoms with E-state index in [1.807, 2.05) is 11.3 Å². The van der Waals surface area contributed by atoms with Gasteiger partial charge >= 0.3 is 0 Å². The van der Waals surface area contributed by atoms with Crippen LogP contribution in [0.2, 0.25) is 0 Å². The molecule has 0 radical (unpaired) electrons. The highest BCUT2D eigenvalue weighted by Gasteiger charge is 2.20. The fourth-order valence-electron chi connectivity index (χ4n) is 7.74. The maximum Gasteiger partial charge on any atom is 0.161 e. The minimum Gasteiger partial charge on any atom is -0.308 e. The summed E-state index contributed by atoms with van der Waals surface area (Å²) in [5.74, 6) is 0.760. The number of para-hydroxylation sites is 2. The number of aromatic nitrogens is 3. The first-order valence-corrected chi connectivity index (χ1v) is 16.4. The number of benzene rings is 7. The van der Waals surface area contributed by atoms with Crippen molar-refractivity contribution < 1.29 is 0 Å². The van der Waals surface area contributed by atoms with Gasteiger partial charge in [0.15, 0.2) is 5.82 Å². The second-order valence-electron chi connectivity index (χ2n) is 12.1. The third-order valence-corrected chi connectivity index (χ3v) is 10.9. The molecule has 11 aromatic rings. The van der Waals surface area contributed by atoms with Crippen LogP contribution in [0.15, 0.2) is 140 Å². The van der Waals surface area contributed by atoms with E-state index < -0.39 is 0 Å². The number of thiophene rings is 1. The average Bonchev–Trinajstić information content (AvgIpc) is 3.67. The van der Waals surface area contributed by atoms with Crippen molar-refractivity contribution in [2.45, 2.75) is 0 Å². The van der Waals surface area contributed by atoms with Gasteiger partial charge in [0.2, 0.25) is 0 Å². The van der Waals surface area contributed by atoms with Crippen molar-refractivity contribution in [1.29, 1.82) is 0 Å². The Labute approximate surface area is 266 Å². The lowest BCUT2D eigenvalue weighted by molar-refractivity contribution is 1.24. The second-order valence-corrected chi connectivity index (χ2v) is 13.2. The van der Waals surface area contributed by atoms with Crippen molar-refractivity contribution >= 4 is 91.3 Å². The predicted molar refractivity (Wildman–Crippen MR) is 195 cm³/mol. The van der Waals surface area contributed by atoms with Gasteiger partial charge in [0.25, 0.3) is 0 Å². The molecule has 0 aliphatic heterocycles. The molecule has 4 heterocycles. The zero-order valence-corrected chi connectivity index (χ0v) is 25.3. The molecule has 11 rings (SSSR count). The summed E-state index contributed by atoms with van der Waals surface area (Å²) >= 11 is 1.82. The molecule has 46 heavy (non-hydrogen) atoms. The molecule has 0 spiro atoms. The predicted octanol–water partition coefficient (Wildman–Crippen LogP) is 11.6. The standard InChI is InChI=1S/C42H23N3S/c1-4-16-34-31(12-1)39(44-42(43-34)32-15-8-14-30-27-11-3-6-18-37(27)46-41(30)32)25-20-22-36-33(23-25)29-21-19-24-9-7-13-28-26-10-2-5-17-35(26)45(36)40(29)38(24)28/h1-23H. The Morgan fingerprint density at radius 2 is 1.26 bits per heavy atom. The highest BCUT2D eigenvalue weighted by Crippen LogP contribution is 2.43. The summed E-state index contributed by atoms with van der Waals surface area (Å²) in [4.78, 5) is 10.5. The number of hydrogen-bond acceptors (Lipinski definition) is 3. The third-order valence-electron chi connectivity index (χ3n) is 9.73. The SMILES string of the molecule is c1ccc2c(-c3ccc4c(c3)c3ccc5cccc6c7ccccc7n4c3c56)nc(-c3cccc4c3sc3ccccc34)nc2c1. The van der Waals surface area contributed by atoms with E-state index in [0.717, 1.165) is 33.5 Å². The molecule has 4 aromatic heterocycles. The van der Waals surface area contributed by atoms with Crippen LogP contribution in [0.25, 0.3) is 103 Å². The maximum absolute atomic E-state index is 5.36. The molecule has 3 nitrogen and oxygen atoms in total. The molecule has 0 aliphatic carbocycles. The summed E-state index contributed by atoms with van der Waals surface area (Å²) in [6.45, 7) is 0. The van der Waals surface area contributed by atoms with Gasteiger partial charge in [0.05, 0.1) is 27.8 Å². The van der Waals surface area contributed by atoms with Crippen molar-refractivity contribution in [2.75, 3.05) is 0 Å². The molecular formula is C42H23N3S. The topological polar surface area (TPSA) is 30.2 Å². The Balaban J connectivity index is 1.22. The van der Waals surface area contributed by atoms with Crippen LogP contribution >= 0.6 is 11.3 Å². The summed E-state index contributed by atoms with van der Waals surface area (Å²) in [7, 11) is 0. The number of rotatable bonds is 2. The van der Waals surface area contributed by atoms with Crippen molar-refractivity contribution in [3.8, 4) is 22.6 Å². The number of pyridine rings is 1. The summed E-state index contributed by atoms with van der Waals surface area (Å²) in [6.07, 6.45) is 0. The Morgan fingerprint density at radius 3 is 2.22 bits per heavy atom. The molecule has 0 fully saturated rings. The number of hydrogen-bond donors (Lipinski definition) is 0. The number of nitrogens with zero attached hydrogens (tertiary/aromatic N) is 3. The Hall–Kier alpha value is -5.84. The molecule has 0 N–H and O–H groups in total. The van der Waals surface area contributed by atoms with Crippen LogP contribution in [-0.2, 0) is 0 Å². The van der Waals surface area contributed by atoms with Gasteiger partial charge in [-0.3, -0.25) is 0 Å². The second kappa shape index (κ2) is 8.87. The van der Waals surface area contributed by atoms with Crippen LogP contribution in [0.4, 0.5) is 0 Å². The van der Waals surface area contributed by atoms with E-state index in [1.165, 1.54) is 69.0 Å². The minimum absolute atomic E-state index is 0.760. The van der Waals surface area contributed by atoms with E-state index in [1.54, 1.807) is 0 Å². The van der Waals surface area contributed by atoms with Crippen molar-refractivity contribution in [3.05, 3.63) is 140 Å². The van der Waals surface area contributed by atoms with E-state index >= 15 is 0 Å². The minimum atomic E-state index is 0.760. The van der Waals surface area contributed by atoms with Crippen LogP contribution in [-0.4, -0.2) is 14.4 Å². The maximum atomic E-state index is 5.36. The van der Waals surface area contributed by atoms with E-state index in [9.17, 15) is 0 Å². The lowest BCUT2D eigenvalue weighted by Crippen LogP contribution is -1.95. The first kappa shape index (κ1) is 24.5. The van der Waals surface area contributed by atoms with Gasteiger partial charge in [-0.05, 0) is 47.2 Å². The Bertz CT molecular complexity index is 3020. The molecule has 0 saturated heterocycles. The summed E-state index contributed by atoms with van der Waals surface area (Å²) in [5, 5.41) is 11.3. The van der Waals surface area contributed by atoms with Gasteiger partial charge in [-0.1, -0.05) is 103 Å². The van der Waals surface area contributed by atoms with Crippen molar-refractivity contribution in [1.82, 2.24) is 14.4 Å². The zero-order valence-electron chi connectivity index (χ0n) is 24.5. The monoisotopic (exact) mass is 601 g/mol. The lowest BCUT2D eigenvalue weighted by atomic mass is 9.98. The molecule has 0 unspecified atom stereocenters. The van der Waals surface area contributed by atoms with E-state index in [4.69, 9.17) is 9.97 Å². The fraction of sp³-hybridized carbons (Fsp3) is 0. The molecule has 212 valence electrons. The van der Waals surface area contributed by atoms with Gasteiger partial charge in [-0.2, -0.15) is 0 Å². The largest absolute Gasteiger partial charge is 0.308 e. The summed E-state index contributed by atoms with van der Waals surface area (Å²) < 4.78 is 4.97. The van der Waals surface area contributed by atoms with E-state index in [0.29, 0.717) is 0 Å². The van der Waals surface area contributed by atoms with E-state index in [2.05, 4.69) is 144 Å². The van der Waals surface area contributed by atoms with Crippen molar-refractivity contribution in [3.63, 3.8) is 0 Å². The van der Waals surface area contributed by atoms with Crippen LogP contribution in [0.5, 0.6) is 0 Å². The third kappa shape index (κ3) is 3.16. The lowest BCUT2D eigenvalue weighted by Gasteiger charge is -2.12. The normalized spacial score (nSPS) is 12.3. The first-order chi connectivity index (χ1) is 22.8. The highest BCUT2D eigenvalue weighted by molar-refractivity contribution is 7.26. The van der Waals surface area contributed by atoms with Gasteiger partial charge in [0, 0.05) is 58.2 Å². The van der Waals surface area contributed by atoms with Crippen LogP contribution < -0.4 is 0 Å². The summed E-state index contributed by atoms with van der Waals surface area (Å²) in [6, 6.07) is 50.4. The molecule has 0 amide bonds. The Kier molecular flexibility index (Phi) is 4.72. The highest BCUT2D eigenvalue weighted by atomic mass is 32.1. The summed E-state index contributed by atoms with van der Waals surface area (Å²) in [5.41, 5.74) is 7.79. The quantitative estimate of drug-likeness (QED) is 0.146. The first-order valence-electron chi connectivity index (χ1n) is 15.6. The molecule has 4 heteroatoms. The molecule has 7 aromatic carbocycles. The van der Waals surface area contributed by atoms with Crippen molar-refractivity contribution in [2.24, 2.45) is 0 Å². The van der Waals surface area contributed by atoms with Gasteiger partial charge in [-0.15, -0.1) is 11.3 Å². The number of fused-ring (bicyclic) bond motifs is 10. The molecule has 0 atom stereocenters. The fourth-order valence-corrected chi connectivity index (χ4v) is 8.95. The molecular weight excluding hydrogens is 579 g/mol. The molecule has 0 saturated carbocycles. The smallest absolute Gasteiger partial charge is 0.161 e. The van der Waals surface area contributed by atoms with Gasteiger partial charge < -0.3 is 4.40 Å². The zero-order chi connectivity index (χ0) is 29.9. The van der Waals surface area contributed by atoms with Crippen LogP contribution in [0.3, 0.4) is 0 Å². The Morgan fingerprint density at radius 1 is 0.500 bits per heavy atom. The average molecular weight is 602 g/mol. The molecule has 0 bridgehead atoms. The van der Waals surface area contributed by atoms with Gasteiger partial charge in [0.1, 0.15) is 0 Å². The van der Waals surface area contributed by atoms with E-state index in [-0.39, 0.29) is 0 Å². The van der Waals surface area contributed by atoms with Crippen LogP contribution in [0, 0.1) is 0 Å².